The molecule has 64 valence electrons. The first-order valence-corrected chi connectivity index (χ1v) is 3.91. The fraction of sp³-hybridized carbons (Fsp3) is 0.200. The smallest absolute Gasteiger partial charge is 0.0367 e. The monoisotopic (exact) mass is 162 g/mol. The first kappa shape index (κ1) is 8.65. The summed E-state index contributed by atoms with van der Waals surface area (Å²) in [6.45, 7) is 4.53. The van der Waals surface area contributed by atoms with E-state index < -0.39 is 0 Å². The summed E-state index contributed by atoms with van der Waals surface area (Å²) in [5.74, 6) is 0. The first-order chi connectivity index (χ1) is 5.74. The van der Waals surface area contributed by atoms with Gasteiger partial charge < -0.3 is 10.6 Å². The molecule has 0 radical (unpaired) electrons. The molecule has 0 fully saturated rings. The van der Waals surface area contributed by atoms with Crippen LogP contribution in [0.25, 0.3) is 0 Å². The minimum atomic E-state index is 0.797. The number of nitrogens with two attached hydrogens (primary N) is 1. The summed E-state index contributed by atoms with van der Waals surface area (Å²) >= 11 is 0. The Labute approximate surface area is 73.3 Å². The number of hydrogen-bond acceptors (Lipinski definition) is 2. The minimum Gasteiger partial charge on any atom is -0.399 e. The summed E-state index contributed by atoms with van der Waals surface area (Å²) in [6, 6.07) is 7.79. The molecule has 2 heteroatoms. The van der Waals surface area contributed by atoms with E-state index >= 15 is 0 Å². The molecule has 0 aliphatic rings. The maximum Gasteiger partial charge on any atom is 0.0367 e. The second-order valence-electron chi connectivity index (χ2n) is 2.76. The van der Waals surface area contributed by atoms with E-state index in [0.29, 0.717) is 0 Å². The van der Waals surface area contributed by atoms with Crippen molar-refractivity contribution in [1.82, 2.24) is 0 Å². The highest BCUT2D eigenvalue weighted by atomic mass is 15.1. The van der Waals surface area contributed by atoms with Crippen molar-refractivity contribution in [3.05, 3.63) is 36.9 Å². The molecule has 0 amide bonds. The third kappa shape index (κ3) is 2.02. The summed E-state index contributed by atoms with van der Waals surface area (Å²) in [5, 5.41) is 0. The summed E-state index contributed by atoms with van der Waals surface area (Å²) in [6.07, 6.45) is 1.87. The Morgan fingerprint density at radius 3 is 2.50 bits per heavy atom. The van der Waals surface area contributed by atoms with Crippen molar-refractivity contribution in [2.45, 2.75) is 0 Å². The van der Waals surface area contributed by atoms with Gasteiger partial charge in [-0.25, -0.2) is 0 Å². The molecule has 1 aromatic rings. The van der Waals surface area contributed by atoms with Gasteiger partial charge in [0.25, 0.3) is 0 Å². The Balaban J connectivity index is 2.74. The minimum absolute atomic E-state index is 0.797. The van der Waals surface area contributed by atoms with Crippen LogP contribution in [-0.2, 0) is 0 Å². The van der Waals surface area contributed by atoms with E-state index in [2.05, 4.69) is 11.5 Å². The van der Waals surface area contributed by atoms with E-state index in [1.807, 2.05) is 37.4 Å². The van der Waals surface area contributed by atoms with Crippen molar-refractivity contribution in [2.24, 2.45) is 0 Å². The molecule has 0 bridgehead atoms. The topological polar surface area (TPSA) is 29.3 Å². The maximum absolute atomic E-state index is 5.56. The predicted octanol–water partition coefficient (Wildman–Crippen LogP) is 1.89. The molecular formula is C10H14N2. The van der Waals surface area contributed by atoms with Crippen LogP contribution in [0.2, 0.25) is 0 Å². The van der Waals surface area contributed by atoms with Gasteiger partial charge in [0.1, 0.15) is 0 Å². The maximum atomic E-state index is 5.56. The molecular weight excluding hydrogens is 148 g/mol. The number of nitrogen functional groups attached to an aromatic ring is 1. The highest BCUT2D eigenvalue weighted by Gasteiger charge is 1.95. The van der Waals surface area contributed by atoms with E-state index in [4.69, 9.17) is 5.73 Å². The molecule has 0 atom stereocenters. The number of benzene rings is 1. The molecule has 0 spiro atoms. The Morgan fingerprint density at radius 1 is 1.42 bits per heavy atom. The molecule has 0 heterocycles. The van der Waals surface area contributed by atoms with E-state index in [1.54, 1.807) is 0 Å². The van der Waals surface area contributed by atoms with Gasteiger partial charge in [0.05, 0.1) is 0 Å². The average molecular weight is 162 g/mol. The van der Waals surface area contributed by atoms with Crippen molar-refractivity contribution >= 4 is 11.4 Å². The van der Waals surface area contributed by atoms with Gasteiger partial charge in [0, 0.05) is 25.0 Å². The Kier molecular flexibility index (Phi) is 2.75. The summed E-state index contributed by atoms with van der Waals surface area (Å²) in [4.78, 5) is 2.10. The molecule has 0 aliphatic carbocycles. The van der Waals surface area contributed by atoms with Crippen LogP contribution < -0.4 is 10.6 Å². The van der Waals surface area contributed by atoms with Gasteiger partial charge in [0.2, 0.25) is 0 Å². The fourth-order valence-corrected chi connectivity index (χ4v) is 1.03. The summed E-state index contributed by atoms with van der Waals surface area (Å²) in [7, 11) is 2.02. The summed E-state index contributed by atoms with van der Waals surface area (Å²) in [5.41, 5.74) is 7.52. The van der Waals surface area contributed by atoms with Crippen molar-refractivity contribution in [2.75, 3.05) is 24.2 Å². The fourth-order valence-electron chi connectivity index (χ4n) is 1.03. The third-order valence-corrected chi connectivity index (χ3v) is 1.74. The molecule has 1 rings (SSSR count). The number of nitrogens with zero attached hydrogens (tertiary/aromatic N) is 1. The van der Waals surface area contributed by atoms with Gasteiger partial charge in [-0.2, -0.15) is 0 Å². The van der Waals surface area contributed by atoms with Crippen LogP contribution >= 0.6 is 0 Å². The first-order valence-electron chi connectivity index (χ1n) is 3.91. The summed E-state index contributed by atoms with van der Waals surface area (Å²) < 4.78 is 0. The largest absolute Gasteiger partial charge is 0.399 e. The van der Waals surface area contributed by atoms with Gasteiger partial charge in [-0.15, -0.1) is 6.58 Å². The highest BCUT2D eigenvalue weighted by molar-refractivity contribution is 5.52. The molecule has 2 N–H and O–H groups in total. The number of anilines is 2. The molecule has 0 saturated carbocycles. The molecule has 0 saturated heterocycles. The van der Waals surface area contributed by atoms with E-state index in [9.17, 15) is 0 Å². The Hall–Kier alpha value is -1.44. The van der Waals surface area contributed by atoms with Crippen LogP contribution in [0.4, 0.5) is 11.4 Å². The zero-order valence-electron chi connectivity index (χ0n) is 7.33. The van der Waals surface area contributed by atoms with Crippen LogP contribution in [0.1, 0.15) is 0 Å². The molecule has 2 nitrogen and oxygen atoms in total. The van der Waals surface area contributed by atoms with Gasteiger partial charge in [-0.3, -0.25) is 0 Å². The third-order valence-electron chi connectivity index (χ3n) is 1.74. The molecule has 0 aliphatic heterocycles. The second-order valence-corrected chi connectivity index (χ2v) is 2.76. The lowest BCUT2D eigenvalue weighted by Crippen LogP contribution is -2.16. The van der Waals surface area contributed by atoms with Crippen molar-refractivity contribution < 1.29 is 0 Å². The standard InChI is InChI=1S/C10H14N2/c1-3-8-12(2)10-6-4-9(11)5-7-10/h3-7H,1,8,11H2,2H3. The highest BCUT2D eigenvalue weighted by Crippen LogP contribution is 2.13. The van der Waals surface area contributed by atoms with Crippen LogP contribution in [0, 0.1) is 0 Å². The van der Waals surface area contributed by atoms with E-state index in [0.717, 1.165) is 17.9 Å². The molecule has 1 aromatic carbocycles. The molecule has 12 heavy (non-hydrogen) atoms. The SMILES string of the molecule is C=CCN(C)c1ccc(N)cc1. The van der Waals surface area contributed by atoms with Crippen LogP contribution in [0.15, 0.2) is 36.9 Å². The van der Waals surface area contributed by atoms with Crippen molar-refractivity contribution in [3.8, 4) is 0 Å². The van der Waals surface area contributed by atoms with Crippen LogP contribution in [0.3, 0.4) is 0 Å². The number of likely N-dealkylation sites (N-methyl/N-ethyl adjacent to an activating group) is 1. The zero-order chi connectivity index (χ0) is 8.97. The number of rotatable bonds is 3. The van der Waals surface area contributed by atoms with Crippen LogP contribution in [-0.4, -0.2) is 13.6 Å². The van der Waals surface area contributed by atoms with Crippen molar-refractivity contribution in [1.29, 1.82) is 0 Å². The molecule has 0 aromatic heterocycles. The second kappa shape index (κ2) is 3.81. The van der Waals surface area contributed by atoms with Crippen LogP contribution in [0.5, 0.6) is 0 Å². The molecule has 0 unspecified atom stereocenters. The number of hydrogen-bond donors (Lipinski definition) is 1. The normalized spacial score (nSPS) is 9.42. The van der Waals surface area contributed by atoms with E-state index in [-0.39, 0.29) is 0 Å². The van der Waals surface area contributed by atoms with Gasteiger partial charge in [0.15, 0.2) is 0 Å². The van der Waals surface area contributed by atoms with Gasteiger partial charge in [-0.1, -0.05) is 6.08 Å². The predicted molar refractivity (Wildman–Crippen MR) is 54.3 cm³/mol. The lowest BCUT2D eigenvalue weighted by Gasteiger charge is -2.16. The van der Waals surface area contributed by atoms with E-state index in [1.165, 1.54) is 0 Å². The zero-order valence-corrected chi connectivity index (χ0v) is 7.33. The lowest BCUT2D eigenvalue weighted by atomic mass is 10.2. The Morgan fingerprint density at radius 2 is 2.00 bits per heavy atom. The quantitative estimate of drug-likeness (QED) is 0.543. The van der Waals surface area contributed by atoms with Crippen molar-refractivity contribution in [3.63, 3.8) is 0 Å². The lowest BCUT2D eigenvalue weighted by molar-refractivity contribution is 1.03. The Bertz CT molecular complexity index is 251. The van der Waals surface area contributed by atoms with Gasteiger partial charge >= 0.3 is 0 Å². The van der Waals surface area contributed by atoms with Gasteiger partial charge in [-0.05, 0) is 24.3 Å². The average Bonchev–Trinajstić information content (AvgIpc) is 2.06.